The fraction of sp³-hybridized carbons (Fsp3) is 0.400. The van der Waals surface area contributed by atoms with Crippen molar-refractivity contribution in [2.45, 2.75) is 39.5 Å². The molecule has 2 rings (SSSR count). The topological polar surface area (TPSA) is 43.4 Å². The lowest BCUT2D eigenvalue weighted by Gasteiger charge is -2.10. The molecule has 0 aromatic heterocycles. The lowest BCUT2D eigenvalue weighted by molar-refractivity contribution is -0.130. The summed E-state index contributed by atoms with van der Waals surface area (Å²) in [7, 11) is 0. The van der Waals surface area contributed by atoms with Crippen LogP contribution in [0.1, 0.15) is 39.5 Å². The van der Waals surface area contributed by atoms with Crippen LogP contribution in [0.2, 0.25) is 0 Å². The van der Waals surface area contributed by atoms with Crippen molar-refractivity contribution < 1.29 is 14.3 Å². The fourth-order valence-electron chi connectivity index (χ4n) is 2.77. The first kappa shape index (κ1) is 17.2. The van der Waals surface area contributed by atoms with Crippen molar-refractivity contribution in [3.05, 3.63) is 42.5 Å². The zero-order chi connectivity index (χ0) is 16.7. The van der Waals surface area contributed by atoms with E-state index in [1.54, 1.807) is 0 Å². The second-order valence-electron chi connectivity index (χ2n) is 5.98. The smallest absolute Gasteiger partial charge is 0.140 e. The van der Waals surface area contributed by atoms with Gasteiger partial charge in [0, 0.05) is 0 Å². The summed E-state index contributed by atoms with van der Waals surface area (Å²) in [6, 6.07) is 14.3. The molecule has 122 valence electrons. The predicted octanol–water partition coefficient (Wildman–Crippen LogP) is 4.57. The molecule has 3 heteroatoms. The molecular weight excluding hydrogens is 288 g/mol. The van der Waals surface area contributed by atoms with Crippen LogP contribution in [-0.2, 0) is 9.59 Å². The molecule has 0 heterocycles. The van der Waals surface area contributed by atoms with Crippen LogP contribution in [0, 0.1) is 5.92 Å². The number of carbonyl (C=O) groups excluding carboxylic acids is 2. The highest BCUT2D eigenvalue weighted by molar-refractivity contribution is 6.00. The fourth-order valence-corrected chi connectivity index (χ4v) is 2.77. The van der Waals surface area contributed by atoms with Crippen LogP contribution in [0.15, 0.2) is 42.5 Å². The minimum absolute atomic E-state index is 0.0232. The Hall–Kier alpha value is -2.16. The van der Waals surface area contributed by atoms with E-state index < -0.39 is 5.92 Å². The van der Waals surface area contributed by atoms with Gasteiger partial charge in [0.15, 0.2) is 0 Å². The van der Waals surface area contributed by atoms with E-state index in [0.29, 0.717) is 13.0 Å². The van der Waals surface area contributed by atoms with Crippen LogP contribution in [0.25, 0.3) is 10.8 Å². The van der Waals surface area contributed by atoms with Gasteiger partial charge in [0.05, 0.1) is 12.5 Å². The molecular formula is C20H24O3. The highest BCUT2D eigenvalue weighted by Gasteiger charge is 2.18. The summed E-state index contributed by atoms with van der Waals surface area (Å²) in [5, 5.41) is 2.38. The quantitative estimate of drug-likeness (QED) is 0.503. The van der Waals surface area contributed by atoms with Crippen molar-refractivity contribution >= 4 is 22.3 Å². The van der Waals surface area contributed by atoms with Crippen molar-refractivity contribution in [1.29, 1.82) is 0 Å². The number of benzene rings is 2. The number of rotatable bonds is 9. The molecule has 23 heavy (non-hydrogen) atoms. The van der Waals surface area contributed by atoms with Gasteiger partial charge in [-0.1, -0.05) is 43.2 Å². The molecule has 0 saturated heterocycles. The Morgan fingerprint density at radius 2 is 1.61 bits per heavy atom. The summed E-state index contributed by atoms with van der Waals surface area (Å²) >= 11 is 0. The van der Waals surface area contributed by atoms with Gasteiger partial charge in [-0.2, -0.15) is 0 Å². The number of carbonyl (C=O) groups is 2. The maximum Gasteiger partial charge on any atom is 0.140 e. The normalized spacial score (nSPS) is 10.9. The van der Waals surface area contributed by atoms with Crippen LogP contribution < -0.4 is 4.74 Å². The second-order valence-corrected chi connectivity index (χ2v) is 5.98. The molecule has 0 unspecified atom stereocenters. The van der Waals surface area contributed by atoms with Gasteiger partial charge in [0.1, 0.15) is 17.3 Å². The summed E-state index contributed by atoms with van der Waals surface area (Å²) in [6.07, 6.45) is 3.42. The van der Waals surface area contributed by atoms with Crippen LogP contribution in [0.4, 0.5) is 0 Å². The molecule has 0 spiro atoms. The van der Waals surface area contributed by atoms with Gasteiger partial charge in [-0.3, -0.25) is 9.59 Å². The first-order valence-electron chi connectivity index (χ1n) is 8.20. The minimum Gasteiger partial charge on any atom is -0.494 e. The van der Waals surface area contributed by atoms with E-state index in [2.05, 4.69) is 24.3 Å². The molecule has 0 amide bonds. The molecule has 2 aromatic carbocycles. The van der Waals surface area contributed by atoms with Gasteiger partial charge in [-0.05, 0) is 49.6 Å². The van der Waals surface area contributed by atoms with Crippen molar-refractivity contribution in [3.8, 4) is 5.75 Å². The minimum atomic E-state index is -0.420. The standard InChI is InChI=1S/C20H24O3/c1-15(21)20(16(2)22)10-4-3-7-13-23-19-12-11-17-8-5-6-9-18(17)14-19/h5-6,8-9,11-12,14,20H,3-4,7,10,13H2,1-2H3. The summed E-state index contributed by atoms with van der Waals surface area (Å²) in [5.41, 5.74) is 0. The molecule has 0 aliphatic heterocycles. The Morgan fingerprint density at radius 1 is 0.913 bits per heavy atom. The molecule has 0 N–H and O–H groups in total. The molecule has 0 aliphatic carbocycles. The molecule has 0 fully saturated rings. The highest BCUT2D eigenvalue weighted by Crippen LogP contribution is 2.21. The van der Waals surface area contributed by atoms with Crippen LogP contribution in [0.3, 0.4) is 0 Å². The van der Waals surface area contributed by atoms with Crippen molar-refractivity contribution in [1.82, 2.24) is 0 Å². The molecule has 0 saturated carbocycles. The maximum absolute atomic E-state index is 11.4. The van der Waals surface area contributed by atoms with Crippen molar-refractivity contribution in [2.24, 2.45) is 5.92 Å². The third-order valence-electron chi connectivity index (χ3n) is 4.11. The molecule has 0 atom stereocenters. The second kappa shape index (κ2) is 8.47. The van der Waals surface area contributed by atoms with Crippen LogP contribution in [-0.4, -0.2) is 18.2 Å². The third kappa shape index (κ3) is 5.20. The lowest BCUT2D eigenvalue weighted by Crippen LogP contribution is -2.19. The number of unbranched alkanes of at least 4 members (excludes halogenated alkanes) is 2. The Kier molecular flexibility index (Phi) is 6.33. The highest BCUT2D eigenvalue weighted by atomic mass is 16.5. The number of ether oxygens (including phenoxy) is 1. The van der Waals surface area contributed by atoms with E-state index in [4.69, 9.17) is 4.74 Å². The average molecular weight is 312 g/mol. The zero-order valence-electron chi connectivity index (χ0n) is 13.9. The molecule has 3 nitrogen and oxygen atoms in total. The van der Waals surface area contributed by atoms with Gasteiger partial charge in [-0.15, -0.1) is 0 Å². The summed E-state index contributed by atoms with van der Waals surface area (Å²) in [5.74, 6) is 0.417. The van der Waals surface area contributed by atoms with Gasteiger partial charge < -0.3 is 4.74 Å². The summed E-state index contributed by atoms with van der Waals surface area (Å²) in [4.78, 5) is 22.7. The van der Waals surface area contributed by atoms with Crippen molar-refractivity contribution in [2.75, 3.05) is 6.61 Å². The monoisotopic (exact) mass is 312 g/mol. The lowest BCUT2D eigenvalue weighted by atomic mass is 9.94. The number of Topliss-reactive ketones (excluding diaryl/α,β-unsaturated/α-hetero) is 2. The van der Waals surface area contributed by atoms with Crippen molar-refractivity contribution in [3.63, 3.8) is 0 Å². The average Bonchev–Trinajstić information content (AvgIpc) is 2.53. The Bertz CT molecular complexity index is 661. The van der Waals surface area contributed by atoms with E-state index in [1.165, 1.54) is 24.6 Å². The third-order valence-corrected chi connectivity index (χ3v) is 4.11. The SMILES string of the molecule is CC(=O)C(CCCCCOc1ccc2ccccc2c1)C(C)=O. The van der Waals surface area contributed by atoms with Crippen LogP contribution >= 0.6 is 0 Å². The molecule has 0 radical (unpaired) electrons. The number of ketones is 2. The van der Waals surface area contributed by atoms with E-state index >= 15 is 0 Å². The zero-order valence-corrected chi connectivity index (χ0v) is 13.9. The van der Waals surface area contributed by atoms with Gasteiger partial charge >= 0.3 is 0 Å². The summed E-state index contributed by atoms with van der Waals surface area (Å²) in [6.45, 7) is 3.65. The largest absolute Gasteiger partial charge is 0.494 e. The first-order chi connectivity index (χ1) is 11.1. The van der Waals surface area contributed by atoms with Gasteiger partial charge in [0.2, 0.25) is 0 Å². The van der Waals surface area contributed by atoms with Gasteiger partial charge in [0.25, 0.3) is 0 Å². The number of fused-ring (bicyclic) bond motifs is 1. The Morgan fingerprint density at radius 3 is 2.30 bits per heavy atom. The van der Waals surface area contributed by atoms with Crippen LogP contribution in [0.5, 0.6) is 5.75 Å². The first-order valence-corrected chi connectivity index (χ1v) is 8.20. The Balaban J connectivity index is 1.70. The van der Waals surface area contributed by atoms with Gasteiger partial charge in [-0.25, -0.2) is 0 Å². The predicted molar refractivity (Wildman–Crippen MR) is 92.8 cm³/mol. The van der Waals surface area contributed by atoms with E-state index in [1.807, 2.05) is 18.2 Å². The molecule has 0 bridgehead atoms. The molecule has 2 aromatic rings. The van der Waals surface area contributed by atoms with E-state index in [-0.39, 0.29) is 11.6 Å². The number of hydrogen-bond donors (Lipinski definition) is 0. The Labute approximate surface area is 137 Å². The van der Waals surface area contributed by atoms with E-state index in [0.717, 1.165) is 25.0 Å². The number of hydrogen-bond acceptors (Lipinski definition) is 3. The summed E-state index contributed by atoms with van der Waals surface area (Å²) < 4.78 is 5.78. The molecule has 0 aliphatic rings. The van der Waals surface area contributed by atoms with E-state index in [9.17, 15) is 9.59 Å². The maximum atomic E-state index is 11.4.